The predicted molar refractivity (Wildman–Crippen MR) is 51.5 cm³/mol. The number of Topliss-reactive ketones (excluding diaryl/α,β-unsaturated/α-hetero) is 1. The van der Waals surface area contributed by atoms with Crippen LogP contribution in [0.5, 0.6) is 0 Å². The Kier molecular flexibility index (Phi) is 3.56. The highest BCUT2D eigenvalue weighted by molar-refractivity contribution is 5.99. The minimum Gasteiger partial charge on any atom is -0.465 e. The second-order valence-corrected chi connectivity index (χ2v) is 2.89. The molecule has 0 bridgehead atoms. The second-order valence-electron chi connectivity index (χ2n) is 2.89. The lowest BCUT2D eigenvalue weighted by molar-refractivity contribution is 0.0983. The lowest BCUT2D eigenvalue weighted by Gasteiger charge is -2.02. The van der Waals surface area contributed by atoms with Gasteiger partial charge in [0.1, 0.15) is 5.82 Å². The molecule has 0 radical (unpaired) electrons. The van der Waals surface area contributed by atoms with Gasteiger partial charge in [-0.3, -0.25) is 4.79 Å². The number of hydrogen-bond acceptors (Lipinski definition) is 3. The summed E-state index contributed by atoms with van der Waals surface area (Å²) >= 11 is 0. The molecule has 0 aliphatic carbocycles. The highest BCUT2D eigenvalue weighted by Gasteiger charge is 2.13. The molecule has 5 nitrogen and oxygen atoms in total. The first kappa shape index (κ1) is 11.7. The molecule has 0 atom stereocenters. The fourth-order valence-corrected chi connectivity index (χ4v) is 1.06. The van der Waals surface area contributed by atoms with E-state index in [9.17, 15) is 14.0 Å². The van der Waals surface area contributed by atoms with Gasteiger partial charge in [-0.2, -0.15) is 5.26 Å². The molecule has 2 N–H and O–H groups in total. The van der Waals surface area contributed by atoms with E-state index < -0.39 is 24.2 Å². The Balaban J connectivity index is 2.90. The van der Waals surface area contributed by atoms with Gasteiger partial charge in [-0.15, -0.1) is 0 Å². The lowest BCUT2D eigenvalue weighted by Crippen LogP contribution is -2.28. The SMILES string of the molecule is N#Cc1ccc(F)c(C(=O)CNC(=O)O)c1. The topological polar surface area (TPSA) is 90.2 Å². The Morgan fingerprint density at radius 1 is 1.50 bits per heavy atom. The van der Waals surface area contributed by atoms with Crippen LogP contribution in [0.3, 0.4) is 0 Å². The zero-order chi connectivity index (χ0) is 12.1. The molecule has 6 heteroatoms. The highest BCUT2D eigenvalue weighted by Crippen LogP contribution is 2.10. The molecule has 0 aromatic heterocycles. The molecule has 0 heterocycles. The maximum Gasteiger partial charge on any atom is 0.405 e. The first-order chi connectivity index (χ1) is 7.54. The predicted octanol–water partition coefficient (Wildman–Crippen LogP) is 1.15. The molecule has 0 saturated heterocycles. The zero-order valence-corrected chi connectivity index (χ0v) is 8.03. The minimum atomic E-state index is -1.37. The number of carbonyl (C=O) groups excluding carboxylic acids is 1. The van der Waals surface area contributed by atoms with Crippen LogP contribution in [0.25, 0.3) is 0 Å². The molecule has 0 aliphatic heterocycles. The lowest BCUT2D eigenvalue weighted by atomic mass is 10.1. The van der Waals surface area contributed by atoms with E-state index in [2.05, 4.69) is 0 Å². The average molecular weight is 222 g/mol. The normalized spacial score (nSPS) is 9.25. The van der Waals surface area contributed by atoms with Crippen LogP contribution < -0.4 is 5.32 Å². The minimum absolute atomic E-state index is 0.139. The van der Waals surface area contributed by atoms with Gasteiger partial charge in [-0.1, -0.05) is 0 Å². The molecule has 1 aromatic rings. The Labute approximate surface area is 90.1 Å². The van der Waals surface area contributed by atoms with Crippen molar-refractivity contribution in [3.05, 3.63) is 35.1 Å². The van der Waals surface area contributed by atoms with Crippen LogP contribution in [0.1, 0.15) is 15.9 Å². The number of amides is 1. The summed E-state index contributed by atoms with van der Waals surface area (Å²) in [6, 6.07) is 5.07. The van der Waals surface area contributed by atoms with E-state index in [1.807, 2.05) is 5.32 Å². The van der Waals surface area contributed by atoms with Gasteiger partial charge in [0.2, 0.25) is 0 Å². The summed E-state index contributed by atoms with van der Waals surface area (Å²) in [5, 5.41) is 18.7. The molecular formula is C10H7FN2O3. The summed E-state index contributed by atoms with van der Waals surface area (Å²) < 4.78 is 13.2. The number of hydrogen-bond donors (Lipinski definition) is 2. The number of carbonyl (C=O) groups is 2. The molecule has 0 saturated carbocycles. The van der Waals surface area contributed by atoms with Crippen molar-refractivity contribution < 1.29 is 19.1 Å². The van der Waals surface area contributed by atoms with Crippen molar-refractivity contribution in [3.8, 4) is 6.07 Å². The molecule has 1 aromatic carbocycles. The van der Waals surface area contributed by atoms with Crippen molar-refractivity contribution in [1.82, 2.24) is 5.32 Å². The Morgan fingerprint density at radius 2 is 2.19 bits per heavy atom. The Bertz CT molecular complexity index is 479. The fourth-order valence-electron chi connectivity index (χ4n) is 1.06. The maximum atomic E-state index is 13.2. The highest BCUT2D eigenvalue weighted by atomic mass is 19.1. The summed E-state index contributed by atoms with van der Waals surface area (Å²) in [4.78, 5) is 21.5. The summed E-state index contributed by atoms with van der Waals surface area (Å²) in [7, 11) is 0. The van der Waals surface area contributed by atoms with Gasteiger partial charge in [-0.05, 0) is 18.2 Å². The van der Waals surface area contributed by atoms with Crippen molar-refractivity contribution in [2.24, 2.45) is 0 Å². The molecule has 0 fully saturated rings. The summed E-state index contributed by atoms with van der Waals surface area (Å²) in [5.41, 5.74) is -0.159. The van der Waals surface area contributed by atoms with E-state index in [4.69, 9.17) is 10.4 Å². The van der Waals surface area contributed by atoms with Gasteiger partial charge in [0.25, 0.3) is 0 Å². The molecule has 0 aliphatic rings. The molecular weight excluding hydrogens is 215 g/mol. The van der Waals surface area contributed by atoms with Crippen molar-refractivity contribution in [2.75, 3.05) is 6.54 Å². The summed E-state index contributed by atoms with van der Waals surface area (Å²) in [5.74, 6) is -1.51. The fraction of sp³-hybridized carbons (Fsp3) is 0.100. The van der Waals surface area contributed by atoms with Gasteiger partial charge in [0.15, 0.2) is 5.78 Å². The number of nitrogens with zero attached hydrogens (tertiary/aromatic N) is 1. The van der Waals surface area contributed by atoms with Crippen LogP contribution in [0, 0.1) is 17.1 Å². The van der Waals surface area contributed by atoms with Crippen LogP contribution in [0.4, 0.5) is 9.18 Å². The van der Waals surface area contributed by atoms with Crippen LogP contribution in [-0.2, 0) is 0 Å². The standard InChI is InChI=1S/C10H7FN2O3/c11-8-2-1-6(4-12)3-7(8)9(14)5-13-10(15)16/h1-3,13H,5H2,(H,15,16). The van der Waals surface area contributed by atoms with E-state index in [1.165, 1.54) is 6.07 Å². The van der Waals surface area contributed by atoms with Gasteiger partial charge in [0.05, 0.1) is 23.7 Å². The van der Waals surface area contributed by atoms with Crippen LogP contribution in [-0.4, -0.2) is 23.5 Å². The molecule has 1 amide bonds. The Hall–Kier alpha value is -2.42. The quantitative estimate of drug-likeness (QED) is 0.750. The number of benzene rings is 1. The van der Waals surface area contributed by atoms with Gasteiger partial charge in [0, 0.05) is 0 Å². The summed E-state index contributed by atoms with van der Waals surface area (Å²) in [6.07, 6.45) is -1.37. The first-order valence-electron chi connectivity index (χ1n) is 4.24. The third-order valence-electron chi connectivity index (χ3n) is 1.80. The van der Waals surface area contributed by atoms with Crippen molar-refractivity contribution in [2.45, 2.75) is 0 Å². The van der Waals surface area contributed by atoms with Crippen LogP contribution >= 0.6 is 0 Å². The zero-order valence-electron chi connectivity index (χ0n) is 8.03. The molecule has 0 spiro atoms. The van der Waals surface area contributed by atoms with E-state index >= 15 is 0 Å². The van der Waals surface area contributed by atoms with Crippen molar-refractivity contribution in [1.29, 1.82) is 5.26 Å². The average Bonchev–Trinajstić information content (AvgIpc) is 2.26. The smallest absolute Gasteiger partial charge is 0.405 e. The first-order valence-corrected chi connectivity index (χ1v) is 4.24. The molecule has 1 rings (SSSR count). The number of halogens is 1. The van der Waals surface area contributed by atoms with E-state index in [1.54, 1.807) is 6.07 Å². The second kappa shape index (κ2) is 4.89. The number of rotatable bonds is 3. The van der Waals surface area contributed by atoms with Gasteiger partial charge < -0.3 is 10.4 Å². The van der Waals surface area contributed by atoms with E-state index in [0.717, 1.165) is 12.1 Å². The van der Waals surface area contributed by atoms with Gasteiger partial charge >= 0.3 is 6.09 Å². The van der Waals surface area contributed by atoms with E-state index in [-0.39, 0.29) is 11.1 Å². The number of nitrogens with one attached hydrogen (secondary N) is 1. The third kappa shape index (κ3) is 2.78. The number of carboxylic acid groups (broad SMARTS) is 1. The van der Waals surface area contributed by atoms with Crippen LogP contribution in [0.2, 0.25) is 0 Å². The maximum absolute atomic E-state index is 13.2. The summed E-state index contributed by atoms with van der Waals surface area (Å²) in [6.45, 7) is -0.527. The number of nitriles is 1. The monoisotopic (exact) mass is 222 g/mol. The molecule has 0 unspecified atom stereocenters. The van der Waals surface area contributed by atoms with Crippen molar-refractivity contribution in [3.63, 3.8) is 0 Å². The van der Waals surface area contributed by atoms with Crippen molar-refractivity contribution >= 4 is 11.9 Å². The largest absolute Gasteiger partial charge is 0.465 e. The van der Waals surface area contributed by atoms with Crippen LogP contribution in [0.15, 0.2) is 18.2 Å². The molecule has 82 valence electrons. The number of ketones is 1. The Morgan fingerprint density at radius 3 is 2.75 bits per heavy atom. The van der Waals surface area contributed by atoms with Gasteiger partial charge in [-0.25, -0.2) is 9.18 Å². The van der Waals surface area contributed by atoms with E-state index in [0.29, 0.717) is 0 Å². The molecule has 16 heavy (non-hydrogen) atoms. The third-order valence-corrected chi connectivity index (χ3v) is 1.80.